The molecule has 96 valence electrons. The lowest BCUT2D eigenvalue weighted by Gasteiger charge is -2.29. The third kappa shape index (κ3) is 5.46. The Hall–Kier alpha value is -0.620. The summed E-state index contributed by atoms with van der Waals surface area (Å²) in [4.78, 5) is 0. The SMILES string of the molecule is CC(C)N(CC(=N)N)S(=O)(=O)CC(C)(C)C. The third-order valence-electron chi connectivity index (χ3n) is 1.87. The maximum Gasteiger partial charge on any atom is 0.215 e. The first-order chi connectivity index (χ1) is 6.96. The van der Waals surface area contributed by atoms with Crippen LogP contribution in [0, 0.1) is 10.8 Å². The van der Waals surface area contributed by atoms with Crippen molar-refractivity contribution >= 4 is 15.9 Å². The summed E-state index contributed by atoms with van der Waals surface area (Å²) in [7, 11) is -3.36. The first-order valence-corrected chi connectivity index (χ1v) is 6.89. The third-order valence-corrected chi connectivity index (χ3v) is 4.37. The molecule has 0 rings (SSSR count). The zero-order valence-corrected chi connectivity index (χ0v) is 11.6. The highest BCUT2D eigenvalue weighted by molar-refractivity contribution is 7.89. The van der Waals surface area contributed by atoms with E-state index in [9.17, 15) is 8.42 Å². The summed E-state index contributed by atoms with van der Waals surface area (Å²) in [5.41, 5.74) is 4.97. The van der Waals surface area contributed by atoms with E-state index < -0.39 is 10.0 Å². The Morgan fingerprint density at radius 2 is 1.81 bits per heavy atom. The van der Waals surface area contributed by atoms with E-state index in [1.165, 1.54) is 4.31 Å². The van der Waals surface area contributed by atoms with Gasteiger partial charge in [0.1, 0.15) is 5.84 Å². The molecule has 0 aliphatic heterocycles. The lowest BCUT2D eigenvalue weighted by Crippen LogP contribution is -2.45. The van der Waals surface area contributed by atoms with Gasteiger partial charge in [0, 0.05) is 6.04 Å². The van der Waals surface area contributed by atoms with Gasteiger partial charge in [-0.15, -0.1) is 0 Å². The Bertz CT molecular complexity index is 342. The quantitative estimate of drug-likeness (QED) is 0.563. The fourth-order valence-electron chi connectivity index (χ4n) is 1.40. The predicted octanol–water partition coefficient (Wildman–Crippen LogP) is 1.01. The van der Waals surface area contributed by atoms with Gasteiger partial charge in [0.2, 0.25) is 10.0 Å². The first kappa shape index (κ1) is 15.4. The number of nitrogens with two attached hydrogens (primary N) is 1. The van der Waals surface area contributed by atoms with Crippen LogP contribution in [0.5, 0.6) is 0 Å². The van der Waals surface area contributed by atoms with E-state index in [-0.39, 0.29) is 29.6 Å². The van der Waals surface area contributed by atoms with Crippen LogP contribution in [0.3, 0.4) is 0 Å². The summed E-state index contributed by atoms with van der Waals surface area (Å²) in [5, 5.41) is 7.20. The fourth-order valence-corrected chi connectivity index (χ4v) is 3.64. The Kier molecular flexibility index (Phi) is 4.94. The standard InChI is InChI=1S/C10H23N3O2S/c1-8(2)13(6-9(11)12)16(14,15)7-10(3,4)5/h8H,6-7H2,1-5H3,(H3,11,12). The van der Waals surface area contributed by atoms with Crippen molar-refractivity contribution in [1.82, 2.24) is 4.31 Å². The molecule has 0 spiro atoms. The zero-order valence-electron chi connectivity index (χ0n) is 10.7. The normalized spacial score (nSPS) is 13.4. The van der Waals surface area contributed by atoms with Crippen molar-refractivity contribution in [3.8, 4) is 0 Å². The number of nitrogens with one attached hydrogen (secondary N) is 1. The van der Waals surface area contributed by atoms with Crippen LogP contribution in [0.4, 0.5) is 0 Å². The van der Waals surface area contributed by atoms with Crippen molar-refractivity contribution in [1.29, 1.82) is 5.41 Å². The summed E-state index contributed by atoms with van der Waals surface area (Å²) in [5.74, 6) is -0.0722. The number of amidine groups is 1. The van der Waals surface area contributed by atoms with Gasteiger partial charge in [0.05, 0.1) is 12.3 Å². The van der Waals surface area contributed by atoms with Gasteiger partial charge in [-0.05, 0) is 19.3 Å². The highest BCUT2D eigenvalue weighted by Gasteiger charge is 2.30. The average Bonchev–Trinajstić information content (AvgIpc) is 1.93. The molecule has 0 heterocycles. The highest BCUT2D eigenvalue weighted by Crippen LogP contribution is 2.19. The Balaban J connectivity index is 4.99. The summed E-state index contributed by atoms with van der Waals surface area (Å²) >= 11 is 0. The van der Waals surface area contributed by atoms with Crippen molar-refractivity contribution < 1.29 is 8.42 Å². The number of hydrogen-bond donors (Lipinski definition) is 2. The highest BCUT2D eigenvalue weighted by atomic mass is 32.2. The molecule has 3 N–H and O–H groups in total. The molecule has 0 aromatic heterocycles. The molecule has 0 saturated heterocycles. The fraction of sp³-hybridized carbons (Fsp3) is 0.900. The molecule has 16 heavy (non-hydrogen) atoms. The number of nitrogens with zero attached hydrogens (tertiary/aromatic N) is 1. The number of hydrogen-bond acceptors (Lipinski definition) is 3. The van der Waals surface area contributed by atoms with E-state index in [2.05, 4.69) is 0 Å². The van der Waals surface area contributed by atoms with E-state index >= 15 is 0 Å². The second kappa shape index (κ2) is 5.14. The number of sulfonamides is 1. The van der Waals surface area contributed by atoms with Gasteiger partial charge < -0.3 is 5.73 Å². The van der Waals surface area contributed by atoms with Crippen molar-refractivity contribution in [2.75, 3.05) is 12.3 Å². The smallest absolute Gasteiger partial charge is 0.215 e. The van der Waals surface area contributed by atoms with Gasteiger partial charge >= 0.3 is 0 Å². The summed E-state index contributed by atoms with van der Waals surface area (Å²) in [6.07, 6.45) is 0. The second-order valence-electron chi connectivity index (χ2n) is 5.48. The van der Waals surface area contributed by atoms with Gasteiger partial charge in [0.25, 0.3) is 0 Å². The van der Waals surface area contributed by atoms with Crippen LogP contribution in [0.15, 0.2) is 0 Å². The molecular weight excluding hydrogens is 226 g/mol. The van der Waals surface area contributed by atoms with Gasteiger partial charge in [-0.3, -0.25) is 5.41 Å². The van der Waals surface area contributed by atoms with Crippen molar-refractivity contribution in [3.05, 3.63) is 0 Å². The van der Waals surface area contributed by atoms with Crippen LogP contribution in [0.1, 0.15) is 34.6 Å². The Labute approximate surface area is 98.6 Å². The molecule has 0 fully saturated rings. The van der Waals surface area contributed by atoms with Gasteiger partial charge in [-0.25, -0.2) is 8.42 Å². The van der Waals surface area contributed by atoms with Crippen LogP contribution >= 0.6 is 0 Å². The molecule has 0 aliphatic rings. The van der Waals surface area contributed by atoms with Crippen LogP contribution in [-0.4, -0.2) is 36.9 Å². The largest absolute Gasteiger partial charge is 0.387 e. The maximum absolute atomic E-state index is 12.1. The van der Waals surface area contributed by atoms with Gasteiger partial charge in [-0.1, -0.05) is 20.8 Å². The van der Waals surface area contributed by atoms with E-state index in [1.54, 1.807) is 13.8 Å². The molecule has 0 saturated carbocycles. The van der Waals surface area contributed by atoms with E-state index in [1.807, 2.05) is 20.8 Å². The average molecular weight is 249 g/mol. The molecule has 5 nitrogen and oxygen atoms in total. The van der Waals surface area contributed by atoms with Gasteiger partial charge in [0.15, 0.2) is 0 Å². The van der Waals surface area contributed by atoms with E-state index in [0.717, 1.165) is 0 Å². The molecule has 0 atom stereocenters. The van der Waals surface area contributed by atoms with E-state index in [0.29, 0.717) is 0 Å². The lowest BCUT2D eigenvalue weighted by molar-refractivity contribution is 0.371. The van der Waals surface area contributed by atoms with Crippen LogP contribution in [0.25, 0.3) is 0 Å². The molecule has 0 unspecified atom stereocenters. The molecule has 0 bridgehead atoms. The summed E-state index contributed by atoms with van der Waals surface area (Å²) in [6, 6.07) is -0.184. The van der Waals surface area contributed by atoms with Crippen molar-refractivity contribution in [3.63, 3.8) is 0 Å². The molecule has 0 amide bonds. The Morgan fingerprint density at radius 3 is 2.06 bits per heavy atom. The Morgan fingerprint density at radius 1 is 1.38 bits per heavy atom. The molecule has 0 aromatic carbocycles. The molecular formula is C10H23N3O2S. The van der Waals surface area contributed by atoms with Crippen LogP contribution in [-0.2, 0) is 10.0 Å². The van der Waals surface area contributed by atoms with Crippen molar-refractivity contribution in [2.45, 2.75) is 40.7 Å². The summed E-state index contributed by atoms with van der Waals surface area (Å²) < 4.78 is 25.5. The minimum Gasteiger partial charge on any atom is -0.387 e. The maximum atomic E-state index is 12.1. The predicted molar refractivity (Wildman–Crippen MR) is 67.0 cm³/mol. The zero-order chi connectivity index (χ0) is 13.1. The van der Waals surface area contributed by atoms with Crippen molar-refractivity contribution in [2.24, 2.45) is 11.1 Å². The molecule has 0 radical (unpaired) electrons. The van der Waals surface area contributed by atoms with Crippen LogP contribution in [0.2, 0.25) is 0 Å². The minimum absolute atomic E-state index is 0.0317. The first-order valence-electron chi connectivity index (χ1n) is 5.28. The van der Waals surface area contributed by atoms with E-state index in [4.69, 9.17) is 11.1 Å². The second-order valence-corrected chi connectivity index (χ2v) is 7.40. The van der Waals surface area contributed by atoms with Crippen LogP contribution < -0.4 is 5.73 Å². The topological polar surface area (TPSA) is 87.2 Å². The summed E-state index contributed by atoms with van der Waals surface area (Å²) in [6.45, 7) is 9.15. The molecule has 0 aliphatic carbocycles. The molecule has 0 aromatic rings. The lowest BCUT2D eigenvalue weighted by atomic mass is 10.0. The minimum atomic E-state index is -3.36. The molecule has 6 heteroatoms. The number of rotatable bonds is 5. The monoisotopic (exact) mass is 249 g/mol. The van der Waals surface area contributed by atoms with Gasteiger partial charge in [-0.2, -0.15) is 4.31 Å².